The number of hydrogen-bond donors (Lipinski definition) is 1. The number of allylic oxidation sites excluding steroid dienone is 1. The van der Waals surface area contributed by atoms with Gasteiger partial charge >= 0.3 is 0 Å². The summed E-state index contributed by atoms with van der Waals surface area (Å²) in [6.45, 7) is 4.09. The third-order valence-electron chi connectivity index (χ3n) is 1.51. The van der Waals surface area contributed by atoms with Gasteiger partial charge in [-0.25, -0.2) is 0 Å². The van der Waals surface area contributed by atoms with Crippen molar-refractivity contribution in [3.63, 3.8) is 0 Å². The van der Waals surface area contributed by atoms with Crippen LogP contribution in [0.3, 0.4) is 0 Å². The molecular weight excluding hydrogens is 154 g/mol. The van der Waals surface area contributed by atoms with Crippen LogP contribution in [0.25, 0.3) is 0 Å². The van der Waals surface area contributed by atoms with Gasteiger partial charge in [0.25, 0.3) is 5.91 Å². The Balaban J connectivity index is 2.82. The molecule has 0 aromatic carbocycles. The van der Waals surface area contributed by atoms with E-state index >= 15 is 0 Å². The smallest absolute Gasteiger partial charge is 0.252 e. The highest BCUT2D eigenvalue weighted by Crippen LogP contribution is 2.15. The van der Waals surface area contributed by atoms with Gasteiger partial charge in [-0.2, -0.15) is 0 Å². The Hall–Kier alpha value is -1.25. The molecule has 66 valence electrons. The molecule has 1 rings (SSSR count). The normalized spacial score (nSPS) is 19.8. The molecule has 3 heteroatoms. The highest BCUT2D eigenvalue weighted by molar-refractivity contribution is 5.94. The average molecular weight is 167 g/mol. The molecule has 12 heavy (non-hydrogen) atoms. The van der Waals surface area contributed by atoms with Gasteiger partial charge in [0.15, 0.2) is 0 Å². The van der Waals surface area contributed by atoms with Crippen LogP contribution in [0.5, 0.6) is 0 Å². The molecule has 3 nitrogen and oxygen atoms in total. The van der Waals surface area contributed by atoms with Crippen molar-refractivity contribution in [3.8, 4) is 0 Å². The van der Waals surface area contributed by atoms with Gasteiger partial charge in [-0.05, 0) is 5.92 Å². The van der Waals surface area contributed by atoms with Crippen molar-refractivity contribution in [1.82, 2.24) is 5.32 Å². The van der Waals surface area contributed by atoms with Crippen molar-refractivity contribution in [2.45, 2.75) is 13.8 Å². The second kappa shape index (κ2) is 3.43. The molecule has 0 aliphatic carbocycles. The third kappa shape index (κ3) is 1.87. The van der Waals surface area contributed by atoms with Crippen LogP contribution in [0.1, 0.15) is 13.8 Å². The first-order valence-electron chi connectivity index (χ1n) is 3.92. The lowest BCUT2D eigenvalue weighted by atomic mass is 10.2. The first-order chi connectivity index (χ1) is 5.63. The van der Waals surface area contributed by atoms with Crippen LogP contribution in [-0.4, -0.2) is 13.0 Å². The van der Waals surface area contributed by atoms with E-state index in [4.69, 9.17) is 4.74 Å². The van der Waals surface area contributed by atoms with Gasteiger partial charge in [0.1, 0.15) is 5.76 Å². The summed E-state index contributed by atoms with van der Waals surface area (Å²) in [6, 6.07) is 0. The van der Waals surface area contributed by atoms with Crippen LogP contribution in [0.15, 0.2) is 23.6 Å². The maximum absolute atomic E-state index is 10.9. The lowest BCUT2D eigenvalue weighted by Gasteiger charge is -2.04. The molecule has 0 aromatic heterocycles. The second-order valence-corrected chi connectivity index (χ2v) is 3.03. The predicted molar refractivity (Wildman–Crippen MR) is 46.2 cm³/mol. The van der Waals surface area contributed by atoms with Crippen LogP contribution in [-0.2, 0) is 9.53 Å². The quantitative estimate of drug-likeness (QED) is 0.670. The zero-order chi connectivity index (χ0) is 9.14. The fraction of sp³-hybridized carbons (Fsp3) is 0.444. The Bertz CT molecular complexity index is 251. The molecule has 1 heterocycles. The minimum atomic E-state index is -0.112. The summed E-state index contributed by atoms with van der Waals surface area (Å²) in [5.41, 5.74) is 0.775. The van der Waals surface area contributed by atoms with Crippen molar-refractivity contribution in [1.29, 1.82) is 0 Å². The zero-order valence-corrected chi connectivity index (χ0v) is 7.55. The number of ether oxygens (including phenoxy) is 1. The Morgan fingerprint density at radius 3 is 2.75 bits per heavy atom. The monoisotopic (exact) mass is 167 g/mol. The van der Waals surface area contributed by atoms with Gasteiger partial charge in [0.05, 0.1) is 12.8 Å². The van der Waals surface area contributed by atoms with E-state index < -0.39 is 0 Å². The van der Waals surface area contributed by atoms with E-state index in [1.165, 1.54) is 6.08 Å². The number of carbonyl (C=O) groups is 1. The van der Waals surface area contributed by atoms with E-state index in [0.29, 0.717) is 11.7 Å². The summed E-state index contributed by atoms with van der Waals surface area (Å²) in [5, 5.41) is 2.69. The molecule has 0 saturated carbocycles. The highest BCUT2D eigenvalue weighted by atomic mass is 16.5. The zero-order valence-electron chi connectivity index (χ0n) is 7.55. The lowest BCUT2D eigenvalue weighted by Crippen LogP contribution is -2.14. The number of hydrogen-bond acceptors (Lipinski definition) is 2. The molecule has 0 saturated heterocycles. The predicted octanol–water partition coefficient (Wildman–Crippen LogP) is 1.19. The molecule has 0 aromatic rings. The van der Waals surface area contributed by atoms with E-state index in [1.807, 2.05) is 19.9 Å². The molecule has 0 fully saturated rings. The van der Waals surface area contributed by atoms with Crippen LogP contribution < -0.4 is 5.32 Å². The Labute approximate surface area is 72.1 Å². The van der Waals surface area contributed by atoms with Crippen molar-refractivity contribution in [3.05, 3.63) is 23.6 Å². The van der Waals surface area contributed by atoms with E-state index in [2.05, 4.69) is 5.32 Å². The van der Waals surface area contributed by atoms with Crippen molar-refractivity contribution >= 4 is 5.91 Å². The standard InChI is InChI=1S/C9H13NO2/c1-6(2)4-7-8(12-3)5-9(11)10-7/h4-6H,1-3H3,(H,10,11). The summed E-state index contributed by atoms with van der Waals surface area (Å²) >= 11 is 0. The maximum atomic E-state index is 10.9. The first kappa shape index (κ1) is 8.84. The van der Waals surface area contributed by atoms with E-state index in [9.17, 15) is 4.79 Å². The summed E-state index contributed by atoms with van der Waals surface area (Å²) in [5.74, 6) is 0.907. The Morgan fingerprint density at radius 2 is 2.25 bits per heavy atom. The van der Waals surface area contributed by atoms with Crippen LogP contribution >= 0.6 is 0 Å². The van der Waals surface area contributed by atoms with Gasteiger partial charge in [-0.1, -0.05) is 19.9 Å². The molecule has 1 aliphatic heterocycles. The van der Waals surface area contributed by atoms with E-state index in [0.717, 1.165) is 5.70 Å². The highest BCUT2D eigenvalue weighted by Gasteiger charge is 2.17. The maximum Gasteiger partial charge on any atom is 0.252 e. The van der Waals surface area contributed by atoms with Gasteiger partial charge in [-0.15, -0.1) is 0 Å². The Kier molecular flexibility index (Phi) is 2.53. The minimum Gasteiger partial charge on any atom is -0.494 e. The number of nitrogens with one attached hydrogen (secondary N) is 1. The SMILES string of the molecule is COC1=CC(=O)NC1=CC(C)C. The average Bonchev–Trinajstić information content (AvgIpc) is 2.29. The molecule has 1 aliphatic rings. The van der Waals surface area contributed by atoms with Gasteiger partial charge in [0.2, 0.25) is 0 Å². The summed E-state index contributed by atoms with van der Waals surface area (Å²) in [6.07, 6.45) is 3.41. The van der Waals surface area contributed by atoms with E-state index in [-0.39, 0.29) is 5.91 Å². The summed E-state index contributed by atoms with van der Waals surface area (Å²) < 4.78 is 5.00. The number of amides is 1. The second-order valence-electron chi connectivity index (χ2n) is 3.03. The summed E-state index contributed by atoms with van der Waals surface area (Å²) in [7, 11) is 1.56. The van der Waals surface area contributed by atoms with E-state index in [1.54, 1.807) is 7.11 Å². The molecule has 1 N–H and O–H groups in total. The van der Waals surface area contributed by atoms with Crippen LogP contribution in [0.4, 0.5) is 0 Å². The fourth-order valence-corrected chi connectivity index (χ4v) is 1.05. The molecular formula is C9H13NO2. The van der Waals surface area contributed by atoms with Crippen LogP contribution in [0, 0.1) is 5.92 Å². The lowest BCUT2D eigenvalue weighted by molar-refractivity contribution is -0.115. The summed E-state index contributed by atoms with van der Waals surface area (Å²) in [4.78, 5) is 10.9. The molecule has 0 unspecified atom stereocenters. The van der Waals surface area contributed by atoms with Crippen molar-refractivity contribution in [2.75, 3.05) is 7.11 Å². The topological polar surface area (TPSA) is 38.3 Å². The largest absolute Gasteiger partial charge is 0.494 e. The third-order valence-corrected chi connectivity index (χ3v) is 1.51. The van der Waals surface area contributed by atoms with Gasteiger partial charge in [-0.3, -0.25) is 4.79 Å². The van der Waals surface area contributed by atoms with Gasteiger partial charge in [0, 0.05) is 6.08 Å². The molecule has 0 radical (unpaired) electrons. The molecule has 0 atom stereocenters. The number of methoxy groups -OCH3 is 1. The number of carbonyl (C=O) groups excluding carboxylic acids is 1. The minimum absolute atomic E-state index is 0.112. The molecule has 0 spiro atoms. The first-order valence-corrected chi connectivity index (χ1v) is 3.92. The fourth-order valence-electron chi connectivity index (χ4n) is 1.05. The molecule has 1 amide bonds. The van der Waals surface area contributed by atoms with Crippen molar-refractivity contribution in [2.24, 2.45) is 5.92 Å². The van der Waals surface area contributed by atoms with Crippen LogP contribution in [0.2, 0.25) is 0 Å². The van der Waals surface area contributed by atoms with Gasteiger partial charge < -0.3 is 10.1 Å². The molecule has 0 bridgehead atoms. The Morgan fingerprint density at radius 1 is 1.58 bits per heavy atom. The van der Waals surface area contributed by atoms with Crippen molar-refractivity contribution < 1.29 is 9.53 Å². The number of rotatable bonds is 2.